The zero-order chi connectivity index (χ0) is 16.9. The van der Waals surface area contributed by atoms with Gasteiger partial charge in [-0.05, 0) is 20.5 Å². The number of carbonyl (C=O) groups excluding carboxylic acids is 1. The molecule has 1 aromatic carbocycles. The smallest absolute Gasteiger partial charge is 0.272 e. The van der Waals surface area contributed by atoms with Crippen LogP contribution >= 0.6 is 0 Å². The highest BCUT2D eigenvalue weighted by atomic mass is 16.5. The molecule has 1 aromatic heterocycles. The van der Waals surface area contributed by atoms with Gasteiger partial charge in [-0.2, -0.15) is 0 Å². The molecule has 1 aliphatic heterocycles. The lowest BCUT2D eigenvalue weighted by Crippen LogP contribution is -2.46. The van der Waals surface area contributed by atoms with E-state index in [1.807, 2.05) is 49.3 Å². The minimum atomic E-state index is -0.00972. The summed E-state index contributed by atoms with van der Waals surface area (Å²) in [5.74, 6) is -0.00972. The van der Waals surface area contributed by atoms with Gasteiger partial charge in [0.1, 0.15) is 11.4 Å². The van der Waals surface area contributed by atoms with Crippen molar-refractivity contribution in [2.24, 2.45) is 0 Å². The van der Waals surface area contributed by atoms with Crippen LogP contribution in [0.2, 0.25) is 0 Å². The van der Waals surface area contributed by atoms with Crippen LogP contribution in [0.5, 0.6) is 0 Å². The van der Waals surface area contributed by atoms with Gasteiger partial charge in [-0.15, -0.1) is 0 Å². The van der Waals surface area contributed by atoms with Crippen molar-refractivity contribution in [2.45, 2.75) is 12.5 Å². The third-order valence-corrected chi connectivity index (χ3v) is 4.22. The van der Waals surface area contributed by atoms with Gasteiger partial charge in [0.05, 0.1) is 19.0 Å². The van der Waals surface area contributed by atoms with E-state index in [1.54, 1.807) is 6.33 Å². The van der Waals surface area contributed by atoms with Gasteiger partial charge < -0.3 is 19.5 Å². The van der Waals surface area contributed by atoms with Crippen LogP contribution in [0.1, 0.15) is 16.9 Å². The van der Waals surface area contributed by atoms with Crippen LogP contribution in [0.3, 0.4) is 0 Å². The van der Waals surface area contributed by atoms with Crippen molar-refractivity contribution in [3.63, 3.8) is 0 Å². The van der Waals surface area contributed by atoms with Crippen molar-refractivity contribution < 1.29 is 9.53 Å². The second-order valence-electron chi connectivity index (χ2n) is 6.33. The molecule has 128 valence electrons. The van der Waals surface area contributed by atoms with Gasteiger partial charge in [0.2, 0.25) is 0 Å². The molecule has 1 aliphatic rings. The minimum Gasteiger partial charge on any atom is -0.374 e. The molecule has 1 N–H and O–H groups in total. The number of carbonyl (C=O) groups is 1. The predicted molar refractivity (Wildman–Crippen MR) is 92.8 cm³/mol. The summed E-state index contributed by atoms with van der Waals surface area (Å²) in [7, 11) is 4.09. The summed E-state index contributed by atoms with van der Waals surface area (Å²) in [5, 5.41) is 0. The van der Waals surface area contributed by atoms with Crippen molar-refractivity contribution in [1.82, 2.24) is 19.8 Å². The van der Waals surface area contributed by atoms with E-state index in [2.05, 4.69) is 14.9 Å². The highest BCUT2D eigenvalue weighted by Gasteiger charge is 2.27. The molecule has 0 spiro atoms. The Bertz CT molecular complexity index is 669. The number of amides is 1. The molecule has 1 fully saturated rings. The summed E-state index contributed by atoms with van der Waals surface area (Å²) in [5.41, 5.74) is 2.20. The minimum absolute atomic E-state index is 0.00972. The lowest BCUT2D eigenvalue weighted by Gasteiger charge is -2.33. The van der Waals surface area contributed by atoms with E-state index in [1.165, 1.54) is 0 Å². The summed E-state index contributed by atoms with van der Waals surface area (Å²) >= 11 is 0. The molecular weight excluding hydrogens is 304 g/mol. The Balaban J connectivity index is 1.72. The fourth-order valence-corrected chi connectivity index (χ4v) is 2.91. The largest absolute Gasteiger partial charge is 0.374 e. The Kier molecular flexibility index (Phi) is 5.27. The van der Waals surface area contributed by atoms with Crippen molar-refractivity contribution in [2.75, 3.05) is 40.3 Å². The summed E-state index contributed by atoms with van der Waals surface area (Å²) in [6, 6.07) is 9.78. The van der Waals surface area contributed by atoms with Crippen LogP contribution in [0, 0.1) is 0 Å². The number of benzene rings is 1. The second kappa shape index (κ2) is 7.59. The number of ether oxygens (including phenoxy) is 1. The van der Waals surface area contributed by atoms with Crippen LogP contribution in [0.25, 0.3) is 11.3 Å². The third-order valence-electron chi connectivity index (χ3n) is 4.22. The quantitative estimate of drug-likeness (QED) is 0.910. The van der Waals surface area contributed by atoms with Crippen LogP contribution in [-0.4, -0.2) is 72.1 Å². The number of H-pyrrole nitrogens is 1. The molecule has 0 unspecified atom stereocenters. The Labute approximate surface area is 142 Å². The molecule has 1 atom stereocenters. The van der Waals surface area contributed by atoms with Gasteiger partial charge in [0.15, 0.2) is 0 Å². The molecule has 0 saturated carbocycles. The van der Waals surface area contributed by atoms with Crippen molar-refractivity contribution in [1.29, 1.82) is 0 Å². The maximum Gasteiger partial charge on any atom is 0.272 e. The molecule has 2 aromatic rings. The number of nitrogens with one attached hydrogen (secondary N) is 1. The standard InChI is InChI=1S/C18H24N4O2/c1-21(2)9-8-15-12-22(10-11-24-15)18(23)17-16(19-13-20-17)14-6-4-3-5-7-14/h3-7,13,15H,8-12H2,1-2H3,(H,19,20)/t15-/m1/s1. The SMILES string of the molecule is CN(C)CC[C@@H]1CN(C(=O)c2[nH]cnc2-c2ccccc2)CCO1. The van der Waals surface area contributed by atoms with Gasteiger partial charge in [-0.1, -0.05) is 30.3 Å². The molecule has 6 heteroatoms. The summed E-state index contributed by atoms with van der Waals surface area (Å²) < 4.78 is 5.79. The van der Waals surface area contributed by atoms with E-state index in [0.29, 0.717) is 31.1 Å². The van der Waals surface area contributed by atoms with E-state index < -0.39 is 0 Å². The number of hydrogen-bond donors (Lipinski definition) is 1. The average Bonchev–Trinajstić information content (AvgIpc) is 3.10. The number of rotatable bonds is 5. The fourth-order valence-electron chi connectivity index (χ4n) is 2.91. The molecule has 6 nitrogen and oxygen atoms in total. The normalized spacial score (nSPS) is 18.1. The first kappa shape index (κ1) is 16.7. The Morgan fingerprint density at radius 2 is 2.17 bits per heavy atom. The van der Waals surface area contributed by atoms with Gasteiger partial charge in [0.25, 0.3) is 5.91 Å². The lowest BCUT2D eigenvalue weighted by atomic mass is 10.1. The molecule has 1 amide bonds. The highest BCUT2D eigenvalue weighted by Crippen LogP contribution is 2.22. The van der Waals surface area contributed by atoms with Crippen molar-refractivity contribution in [3.05, 3.63) is 42.4 Å². The monoisotopic (exact) mass is 328 g/mol. The van der Waals surface area contributed by atoms with Gasteiger partial charge in [-0.3, -0.25) is 4.79 Å². The average molecular weight is 328 g/mol. The first-order valence-electron chi connectivity index (χ1n) is 8.29. The van der Waals surface area contributed by atoms with Crippen LogP contribution in [0.15, 0.2) is 36.7 Å². The second-order valence-corrected chi connectivity index (χ2v) is 6.33. The third kappa shape index (κ3) is 3.83. The fraction of sp³-hybridized carbons (Fsp3) is 0.444. The van der Waals surface area contributed by atoms with E-state index in [9.17, 15) is 4.79 Å². The zero-order valence-electron chi connectivity index (χ0n) is 14.2. The Morgan fingerprint density at radius 1 is 1.38 bits per heavy atom. The highest BCUT2D eigenvalue weighted by molar-refractivity contribution is 5.98. The zero-order valence-corrected chi connectivity index (χ0v) is 14.2. The van der Waals surface area contributed by atoms with Gasteiger partial charge in [0, 0.05) is 25.2 Å². The van der Waals surface area contributed by atoms with Crippen LogP contribution < -0.4 is 0 Å². The van der Waals surface area contributed by atoms with E-state index >= 15 is 0 Å². The first-order valence-corrected chi connectivity index (χ1v) is 8.29. The molecule has 2 heterocycles. The number of morpholine rings is 1. The summed E-state index contributed by atoms with van der Waals surface area (Å²) in [4.78, 5) is 24.3. The topological polar surface area (TPSA) is 61.5 Å². The number of hydrogen-bond acceptors (Lipinski definition) is 4. The molecule has 3 rings (SSSR count). The number of imidazole rings is 1. The Hall–Kier alpha value is -2.18. The molecule has 1 saturated heterocycles. The Morgan fingerprint density at radius 3 is 2.92 bits per heavy atom. The molecule has 0 aliphatic carbocycles. The lowest BCUT2D eigenvalue weighted by molar-refractivity contribution is -0.0271. The summed E-state index contributed by atoms with van der Waals surface area (Å²) in [6.07, 6.45) is 2.60. The van der Waals surface area contributed by atoms with E-state index in [-0.39, 0.29) is 12.0 Å². The van der Waals surface area contributed by atoms with Gasteiger partial charge >= 0.3 is 0 Å². The summed E-state index contributed by atoms with van der Waals surface area (Å²) in [6.45, 7) is 2.77. The van der Waals surface area contributed by atoms with E-state index in [0.717, 1.165) is 18.5 Å². The number of aromatic amines is 1. The molecule has 0 radical (unpaired) electrons. The molecule has 0 bridgehead atoms. The van der Waals surface area contributed by atoms with Gasteiger partial charge in [-0.25, -0.2) is 4.98 Å². The number of aromatic nitrogens is 2. The maximum absolute atomic E-state index is 12.9. The van der Waals surface area contributed by atoms with Crippen molar-refractivity contribution in [3.8, 4) is 11.3 Å². The molecular formula is C18H24N4O2. The predicted octanol–water partition coefficient (Wildman–Crippen LogP) is 1.87. The van der Waals surface area contributed by atoms with Crippen molar-refractivity contribution >= 4 is 5.91 Å². The number of nitrogens with zero attached hydrogens (tertiary/aromatic N) is 3. The molecule has 24 heavy (non-hydrogen) atoms. The maximum atomic E-state index is 12.9. The van der Waals surface area contributed by atoms with Crippen LogP contribution in [-0.2, 0) is 4.74 Å². The van der Waals surface area contributed by atoms with E-state index in [4.69, 9.17) is 4.74 Å². The van der Waals surface area contributed by atoms with Crippen LogP contribution in [0.4, 0.5) is 0 Å². The first-order chi connectivity index (χ1) is 11.6.